The Hall–Kier alpha value is -0.660. The van der Waals surface area contributed by atoms with Gasteiger partial charge in [0.1, 0.15) is 11.2 Å². The molecule has 0 saturated heterocycles. The Morgan fingerprint density at radius 1 is 1.47 bits per heavy atom. The van der Waals surface area contributed by atoms with Gasteiger partial charge in [-0.05, 0) is 47.9 Å². The minimum absolute atomic E-state index is 0.459. The maximum Gasteiger partial charge on any atom is 0.133 e. The second-order valence-electron chi connectivity index (χ2n) is 4.08. The SMILES string of the molecule is Cc1cc(Br)c(C(C)C)cc1OCCSC#N. The summed E-state index contributed by atoms with van der Waals surface area (Å²) in [7, 11) is 0. The minimum atomic E-state index is 0.459. The van der Waals surface area contributed by atoms with E-state index >= 15 is 0 Å². The summed E-state index contributed by atoms with van der Waals surface area (Å²) < 4.78 is 6.82. The molecule has 1 aromatic carbocycles. The van der Waals surface area contributed by atoms with Gasteiger partial charge in [0, 0.05) is 10.2 Å². The van der Waals surface area contributed by atoms with E-state index in [2.05, 4.69) is 41.9 Å². The molecule has 0 N–H and O–H groups in total. The van der Waals surface area contributed by atoms with Gasteiger partial charge in [0.15, 0.2) is 0 Å². The third-order valence-electron chi connectivity index (χ3n) is 2.42. The largest absolute Gasteiger partial charge is 0.492 e. The van der Waals surface area contributed by atoms with E-state index in [-0.39, 0.29) is 0 Å². The van der Waals surface area contributed by atoms with E-state index in [9.17, 15) is 0 Å². The number of hydrogen-bond donors (Lipinski definition) is 0. The van der Waals surface area contributed by atoms with Crippen LogP contribution < -0.4 is 4.74 Å². The van der Waals surface area contributed by atoms with Gasteiger partial charge in [0.2, 0.25) is 0 Å². The predicted molar refractivity (Wildman–Crippen MR) is 76.5 cm³/mol. The first-order valence-electron chi connectivity index (χ1n) is 5.50. The van der Waals surface area contributed by atoms with Gasteiger partial charge in [0.05, 0.1) is 6.61 Å². The van der Waals surface area contributed by atoms with Crippen molar-refractivity contribution >= 4 is 27.7 Å². The minimum Gasteiger partial charge on any atom is -0.492 e. The summed E-state index contributed by atoms with van der Waals surface area (Å²) in [5.41, 5.74) is 2.36. The smallest absolute Gasteiger partial charge is 0.133 e. The molecule has 2 nitrogen and oxygen atoms in total. The van der Waals surface area contributed by atoms with Crippen LogP contribution in [0.1, 0.15) is 30.9 Å². The van der Waals surface area contributed by atoms with Crippen molar-refractivity contribution in [3.8, 4) is 11.2 Å². The van der Waals surface area contributed by atoms with Crippen molar-refractivity contribution in [2.75, 3.05) is 12.4 Å². The Balaban J connectivity index is 2.78. The summed E-state index contributed by atoms with van der Waals surface area (Å²) in [4.78, 5) is 0. The molecule has 4 heteroatoms. The van der Waals surface area contributed by atoms with Gasteiger partial charge >= 0.3 is 0 Å². The number of rotatable bonds is 5. The fraction of sp³-hybridized carbons (Fsp3) is 0.462. The number of thioether (sulfide) groups is 1. The van der Waals surface area contributed by atoms with E-state index in [1.54, 1.807) is 0 Å². The molecule has 0 aliphatic rings. The van der Waals surface area contributed by atoms with Crippen LogP contribution in [-0.2, 0) is 0 Å². The number of thiocyanates is 1. The molecule has 0 aliphatic carbocycles. The van der Waals surface area contributed by atoms with Gasteiger partial charge in [-0.1, -0.05) is 29.8 Å². The highest BCUT2D eigenvalue weighted by Crippen LogP contribution is 2.31. The Kier molecular flexibility index (Phi) is 5.87. The van der Waals surface area contributed by atoms with E-state index in [1.165, 1.54) is 17.3 Å². The molecule has 0 saturated carbocycles. The molecule has 0 spiro atoms. The zero-order valence-electron chi connectivity index (χ0n) is 10.3. The van der Waals surface area contributed by atoms with E-state index < -0.39 is 0 Å². The molecular formula is C13H16BrNOS. The zero-order valence-corrected chi connectivity index (χ0v) is 12.7. The fourth-order valence-electron chi connectivity index (χ4n) is 1.51. The number of aryl methyl sites for hydroxylation is 1. The standard InChI is InChI=1S/C13H16BrNOS/c1-9(2)11-7-13(10(3)6-12(11)14)16-4-5-17-8-15/h6-7,9H,4-5H2,1-3H3. The Morgan fingerprint density at radius 2 is 2.18 bits per heavy atom. The average molecular weight is 314 g/mol. The van der Waals surface area contributed by atoms with Crippen molar-refractivity contribution in [2.24, 2.45) is 0 Å². The monoisotopic (exact) mass is 313 g/mol. The second-order valence-corrected chi connectivity index (χ2v) is 5.82. The molecule has 0 aromatic heterocycles. The molecule has 0 heterocycles. The number of nitrogens with zero attached hydrogens (tertiary/aromatic N) is 1. The lowest BCUT2D eigenvalue weighted by molar-refractivity contribution is 0.341. The summed E-state index contributed by atoms with van der Waals surface area (Å²) in [6, 6.07) is 4.17. The van der Waals surface area contributed by atoms with Crippen LogP contribution in [0.25, 0.3) is 0 Å². The van der Waals surface area contributed by atoms with E-state index in [4.69, 9.17) is 10.00 Å². The normalized spacial score (nSPS) is 10.4. The first-order chi connectivity index (χ1) is 8.06. The van der Waals surface area contributed by atoms with Crippen LogP contribution in [0.4, 0.5) is 0 Å². The van der Waals surface area contributed by atoms with E-state index in [1.807, 2.05) is 12.3 Å². The van der Waals surface area contributed by atoms with Gasteiger partial charge in [0.25, 0.3) is 0 Å². The van der Waals surface area contributed by atoms with Crippen molar-refractivity contribution in [3.63, 3.8) is 0 Å². The summed E-state index contributed by atoms with van der Waals surface area (Å²) in [5.74, 6) is 2.07. The molecule has 0 radical (unpaired) electrons. The molecule has 17 heavy (non-hydrogen) atoms. The van der Waals surface area contributed by atoms with Crippen LogP contribution >= 0.6 is 27.7 Å². The van der Waals surface area contributed by atoms with E-state index in [0.29, 0.717) is 18.3 Å². The quantitative estimate of drug-likeness (QED) is 0.593. The number of nitriles is 1. The molecule has 0 aliphatic heterocycles. The van der Waals surface area contributed by atoms with Crippen LogP contribution in [0, 0.1) is 17.6 Å². The number of ether oxygens (including phenoxy) is 1. The highest BCUT2D eigenvalue weighted by Gasteiger charge is 2.09. The molecular weight excluding hydrogens is 298 g/mol. The Labute approximate surface area is 115 Å². The van der Waals surface area contributed by atoms with Gasteiger partial charge < -0.3 is 4.74 Å². The van der Waals surface area contributed by atoms with Crippen molar-refractivity contribution in [3.05, 3.63) is 27.7 Å². The average Bonchev–Trinajstić information content (AvgIpc) is 2.26. The molecule has 1 aromatic rings. The maximum absolute atomic E-state index is 8.42. The lowest BCUT2D eigenvalue weighted by atomic mass is 10.0. The molecule has 0 fully saturated rings. The lowest BCUT2D eigenvalue weighted by Crippen LogP contribution is -2.02. The topological polar surface area (TPSA) is 33.0 Å². The van der Waals surface area contributed by atoms with Crippen molar-refractivity contribution in [1.82, 2.24) is 0 Å². The predicted octanol–water partition coefficient (Wildman–Crippen LogP) is 4.47. The summed E-state index contributed by atoms with van der Waals surface area (Å²) in [6.45, 7) is 6.91. The van der Waals surface area contributed by atoms with Crippen LogP contribution in [-0.4, -0.2) is 12.4 Å². The summed E-state index contributed by atoms with van der Waals surface area (Å²) in [6.07, 6.45) is 0. The Bertz CT molecular complexity index is 426. The van der Waals surface area contributed by atoms with Crippen molar-refractivity contribution in [1.29, 1.82) is 5.26 Å². The molecule has 0 unspecified atom stereocenters. The number of hydrogen-bond acceptors (Lipinski definition) is 3. The molecule has 0 amide bonds. The van der Waals surface area contributed by atoms with Crippen LogP contribution in [0.5, 0.6) is 5.75 Å². The van der Waals surface area contributed by atoms with Gasteiger partial charge in [-0.3, -0.25) is 0 Å². The maximum atomic E-state index is 8.42. The first kappa shape index (κ1) is 14.4. The number of benzene rings is 1. The first-order valence-corrected chi connectivity index (χ1v) is 7.27. The van der Waals surface area contributed by atoms with Gasteiger partial charge in [-0.25, -0.2) is 0 Å². The zero-order chi connectivity index (χ0) is 12.8. The third kappa shape index (κ3) is 4.25. The van der Waals surface area contributed by atoms with Crippen LogP contribution in [0.3, 0.4) is 0 Å². The molecule has 0 atom stereocenters. The summed E-state index contributed by atoms with van der Waals surface area (Å²) in [5, 5.41) is 10.5. The van der Waals surface area contributed by atoms with Crippen LogP contribution in [0.15, 0.2) is 16.6 Å². The van der Waals surface area contributed by atoms with Gasteiger partial charge in [-0.15, -0.1) is 0 Å². The molecule has 1 rings (SSSR count). The molecule has 92 valence electrons. The highest BCUT2D eigenvalue weighted by atomic mass is 79.9. The Morgan fingerprint density at radius 3 is 2.76 bits per heavy atom. The molecule has 0 bridgehead atoms. The fourth-order valence-corrected chi connectivity index (χ4v) is 2.68. The third-order valence-corrected chi connectivity index (χ3v) is 3.61. The number of halogens is 1. The lowest BCUT2D eigenvalue weighted by Gasteiger charge is -2.14. The van der Waals surface area contributed by atoms with E-state index in [0.717, 1.165) is 15.8 Å². The van der Waals surface area contributed by atoms with Crippen LogP contribution in [0.2, 0.25) is 0 Å². The second kappa shape index (κ2) is 6.93. The van der Waals surface area contributed by atoms with Crippen molar-refractivity contribution < 1.29 is 4.74 Å². The van der Waals surface area contributed by atoms with Gasteiger partial charge in [-0.2, -0.15) is 5.26 Å². The summed E-state index contributed by atoms with van der Waals surface area (Å²) >= 11 is 4.79. The highest BCUT2D eigenvalue weighted by molar-refractivity contribution is 9.10. The van der Waals surface area contributed by atoms with Crippen molar-refractivity contribution in [2.45, 2.75) is 26.7 Å².